The number of amides is 1. The standard InChI is InChI=1S/C15H19FN2O/c16-12-4-1-3-11(9-12)10-15(19)18-8-7-17-13-5-2-6-14(13)18/h1,3-4,9,13-14,17H,2,5-8,10H2. The number of rotatable bonds is 2. The number of carbonyl (C=O) groups excluding carboxylic acids is 1. The van der Waals surface area contributed by atoms with Crippen LogP contribution in [-0.2, 0) is 11.2 Å². The Balaban J connectivity index is 1.69. The van der Waals surface area contributed by atoms with Crippen LogP contribution in [0.1, 0.15) is 24.8 Å². The zero-order valence-corrected chi connectivity index (χ0v) is 10.9. The third-order valence-corrected chi connectivity index (χ3v) is 4.20. The van der Waals surface area contributed by atoms with Gasteiger partial charge in [0.15, 0.2) is 0 Å². The molecule has 1 N–H and O–H groups in total. The number of halogens is 1. The zero-order valence-electron chi connectivity index (χ0n) is 10.9. The predicted molar refractivity (Wildman–Crippen MR) is 71.2 cm³/mol. The highest BCUT2D eigenvalue weighted by atomic mass is 19.1. The SMILES string of the molecule is O=C(Cc1cccc(F)c1)N1CCNC2CCCC21. The van der Waals surface area contributed by atoms with Gasteiger partial charge in [-0.3, -0.25) is 4.79 Å². The smallest absolute Gasteiger partial charge is 0.227 e. The number of nitrogens with zero attached hydrogens (tertiary/aromatic N) is 1. The molecule has 1 aliphatic carbocycles. The summed E-state index contributed by atoms with van der Waals surface area (Å²) in [5, 5.41) is 3.48. The molecule has 3 rings (SSSR count). The number of fused-ring (bicyclic) bond motifs is 1. The molecule has 4 heteroatoms. The van der Waals surface area contributed by atoms with E-state index < -0.39 is 0 Å². The van der Waals surface area contributed by atoms with E-state index in [0.717, 1.165) is 31.5 Å². The summed E-state index contributed by atoms with van der Waals surface area (Å²) in [4.78, 5) is 14.4. The van der Waals surface area contributed by atoms with Crippen molar-refractivity contribution in [2.75, 3.05) is 13.1 Å². The Labute approximate surface area is 112 Å². The Morgan fingerprint density at radius 2 is 2.32 bits per heavy atom. The summed E-state index contributed by atoms with van der Waals surface area (Å²) in [6, 6.07) is 7.14. The topological polar surface area (TPSA) is 32.3 Å². The second-order valence-corrected chi connectivity index (χ2v) is 5.45. The lowest BCUT2D eigenvalue weighted by atomic mass is 10.0. The summed E-state index contributed by atoms with van der Waals surface area (Å²) in [6.45, 7) is 1.64. The molecule has 1 aromatic carbocycles. The third kappa shape index (κ3) is 2.63. The Morgan fingerprint density at radius 3 is 3.16 bits per heavy atom. The van der Waals surface area contributed by atoms with E-state index in [4.69, 9.17) is 0 Å². The van der Waals surface area contributed by atoms with Gasteiger partial charge in [0.2, 0.25) is 5.91 Å². The van der Waals surface area contributed by atoms with Crippen LogP contribution in [0, 0.1) is 5.82 Å². The van der Waals surface area contributed by atoms with Crippen LogP contribution < -0.4 is 5.32 Å². The molecular weight excluding hydrogens is 243 g/mol. The molecule has 1 aliphatic heterocycles. The lowest BCUT2D eigenvalue weighted by molar-refractivity contribution is -0.134. The van der Waals surface area contributed by atoms with Crippen molar-refractivity contribution in [3.63, 3.8) is 0 Å². The van der Waals surface area contributed by atoms with E-state index in [0.29, 0.717) is 18.5 Å². The minimum atomic E-state index is -0.274. The number of nitrogens with one attached hydrogen (secondary N) is 1. The van der Waals surface area contributed by atoms with Gasteiger partial charge in [0.25, 0.3) is 0 Å². The highest BCUT2D eigenvalue weighted by Gasteiger charge is 2.36. The first-order valence-corrected chi connectivity index (χ1v) is 7.01. The molecule has 0 aromatic heterocycles. The fourth-order valence-corrected chi connectivity index (χ4v) is 3.32. The van der Waals surface area contributed by atoms with Crippen LogP contribution in [0.5, 0.6) is 0 Å². The molecule has 0 bridgehead atoms. The molecule has 2 fully saturated rings. The summed E-state index contributed by atoms with van der Waals surface area (Å²) in [5.74, 6) is -0.145. The number of hydrogen-bond acceptors (Lipinski definition) is 2. The number of piperazine rings is 1. The number of carbonyl (C=O) groups is 1. The van der Waals surface area contributed by atoms with Crippen LogP contribution in [0.2, 0.25) is 0 Å². The van der Waals surface area contributed by atoms with Crippen molar-refractivity contribution < 1.29 is 9.18 Å². The minimum absolute atomic E-state index is 0.129. The molecule has 19 heavy (non-hydrogen) atoms. The molecule has 102 valence electrons. The average molecular weight is 262 g/mol. The summed E-state index contributed by atoms with van der Waals surface area (Å²) in [5.41, 5.74) is 0.762. The quantitative estimate of drug-likeness (QED) is 0.880. The largest absolute Gasteiger partial charge is 0.337 e. The second kappa shape index (κ2) is 5.29. The van der Waals surface area contributed by atoms with Crippen LogP contribution in [0.4, 0.5) is 4.39 Å². The first-order valence-electron chi connectivity index (χ1n) is 7.01. The first kappa shape index (κ1) is 12.6. The van der Waals surface area contributed by atoms with Crippen molar-refractivity contribution in [2.24, 2.45) is 0 Å². The Hall–Kier alpha value is -1.42. The third-order valence-electron chi connectivity index (χ3n) is 4.20. The lowest BCUT2D eigenvalue weighted by Crippen LogP contribution is -2.57. The molecule has 1 saturated heterocycles. The van der Waals surface area contributed by atoms with Gasteiger partial charge in [-0.25, -0.2) is 4.39 Å². The molecule has 1 saturated carbocycles. The maximum Gasteiger partial charge on any atom is 0.227 e. The highest BCUT2D eigenvalue weighted by molar-refractivity contribution is 5.79. The van der Waals surface area contributed by atoms with Gasteiger partial charge < -0.3 is 10.2 Å². The van der Waals surface area contributed by atoms with Crippen molar-refractivity contribution in [1.29, 1.82) is 0 Å². The summed E-state index contributed by atoms with van der Waals surface area (Å²) in [7, 11) is 0. The van der Waals surface area contributed by atoms with Gasteiger partial charge in [-0.2, -0.15) is 0 Å². The van der Waals surface area contributed by atoms with Gasteiger partial charge in [-0.15, -0.1) is 0 Å². The fraction of sp³-hybridized carbons (Fsp3) is 0.533. The van der Waals surface area contributed by atoms with Crippen LogP contribution in [0.15, 0.2) is 24.3 Å². The highest BCUT2D eigenvalue weighted by Crippen LogP contribution is 2.27. The van der Waals surface area contributed by atoms with E-state index in [1.807, 2.05) is 11.0 Å². The second-order valence-electron chi connectivity index (χ2n) is 5.45. The van der Waals surface area contributed by atoms with Gasteiger partial charge in [0.1, 0.15) is 5.82 Å². The Morgan fingerprint density at radius 1 is 1.42 bits per heavy atom. The molecule has 2 aliphatic rings. The predicted octanol–water partition coefficient (Wildman–Crippen LogP) is 1.72. The normalized spacial score (nSPS) is 26.3. The van der Waals surface area contributed by atoms with Gasteiger partial charge in [0, 0.05) is 25.2 Å². The molecule has 2 unspecified atom stereocenters. The monoisotopic (exact) mass is 262 g/mol. The number of hydrogen-bond donors (Lipinski definition) is 1. The molecule has 3 nitrogen and oxygen atoms in total. The fourth-order valence-electron chi connectivity index (χ4n) is 3.32. The number of benzene rings is 1. The molecule has 1 heterocycles. The van der Waals surface area contributed by atoms with Crippen molar-refractivity contribution in [1.82, 2.24) is 10.2 Å². The van der Waals surface area contributed by atoms with E-state index in [-0.39, 0.29) is 11.7 Å². The van der Waals surface area contributed by atoms with Gasteiger partial charge in [-0.05, 0) is 37.0 Å². The van der Waals surface area contributed by atoms with Gasteiger partial charge >= 0.3 is 0 Å². The van der Waals surface area contributed by atoms with E-state index in [2.05, 4.69) is 5.32 Å². The average Bonchev–Trinajstić information content (AvgIpc) is 2.86. The summed E-state index contributed by atoms with van der Waals surface area (Å²) >= 11 is 0. The lowest BCUT2D eigenvalue weighted by Gasteiger charge is -2.38. The Kier molecular flexibility index (Phi) is 3.51. The van der Waals surface area contributed by atoms with Gasteiger partial charge in [-0.1, -0.05) is 12.1 Å². The van der Waals surface area contributed by atoms with Crippen molar-refractivity contribution in [3.05, 3.63) is 35.6 Å². The first-order chi connectivity index (χ1) is 9.24. The van der Waals surface area contributed by atoms with E-state index >= 15 is 0 Å². The molecule has 0 radical (unpaired) electrons. The van der Waals surface area contributed by atoms with Crippen LogP contribution in [0.3, 0.4) is 0 Å². The molecular formula is C15H19FN2O. The van der Waals surface area contributed by atoms with E-state index in [1.165, 1.54) is 18.6 Å². The van der Waals surface area contributed by atoms with Crippen LogP contribution in [-0.4, -0.2) is 36.0 Å². The zero-order chi connectivity index (χ0) is 13.2. The molecule has 0 spiro atoms. The minimum Gasteiger partial charge on any atom is -0.337 e. The molecule has 1 aromatic rings. The Bertz CT molecular complexity index is 477. The summed E-state index contributed by atoms with van der Waals surface area (Å²) in [6.07, 6.45) is 3.74. The maximum atomic E-state index is 13.1. The summed E-state index contributed by atoms with van der Waals surface area (Å²) < 4.78 is 13.1. The maximum absolute atomic E-state index is 13.1. The van der Waals surface area contributed by atoms with E-state index in [1.54, 1.807) is 6.07 Å². The van der Waals surface area contributed by atoms with Crippen LogP contribution >= 0.6 is 0 Å². The van der Waals surface area contributed by atoms with Crippen molar-refractivity contribution >= 4 is 5.91 Å². The van der Waals surface area contributed by atoms with Crippen molar-refractivity contribution in [2.45, 2.75) is 37.8 Å². The van der Waals surface area contributed by atoms with Crippen molar-refractivity contribution in [3.8, 4) is 0 Å². The molecule has 1 amide bonds. The van der Waals surface area contributed by atoms with E-state index in [9.17, 15) is 9.18 Å². The van der Waals surface area contributed by atoms with Gasteiger partial charge in [0.05, 0.1) is 6.42 Å². The van der Waals surface area contributed by atoms with Crippen LogP contribution in [0.25, 0.3) is 0 Å². The molecule has 2 atom stereocenters.